The number of rotatable bonds is 8. The standard InChI is InChI=1S/C25H25BrN2O3/c1-17(2)27-25(30)20-10-6-7-11-22(20)28-24(29)19-12-13-23(21(26)16-19)31-15-14-18-8-4-3-5-9-18/h3-13,16-17H,14-15H2,1-2H3,(H,27,30)(H,28,29). The van der Waals surface area contributed by atoms with E-state index in [2.05, 4.69) is 38.7 Å². The van der Waals surface area contributed by atoms with Crippen molar-refractivity contribution < 1.29 is 14.3 Å². The first-order chi connectivity index (χ1) is 14.9. The fourth-order valence-electron chi connectivity index (χ4n) is 3.01. The topological polar surface area (TPSA) is 67.4 Å². The second kappa shape index (κ2) is 10.8. The van der Waals surface area contributed by atoms with Crippen LogP contribution in [0.4, 0.5) is 5.69 Å². The third-order valence-corrected chi connectivity index (χ3v) is 5.14. The van der Waals surface area contributed by atoms with E-state index >= 15 is 0 Å². The van der Waals surface area contributed by atoms with Crippen LogP contribution in [0.5, 0.6) is 5.75 Å². The van der Waals surface area contributed by atoms with Gasteiger partial charge in [-0.15, -0.1) is 0 Å². The molecule has 3 aromatic carbocycles. The first kappa shape index (κ1) is 22.6. The summed E-state index contributed by atoms with van der Waals surface area (Å²) in [5.74, 6) is 0.139. The van der Waals surface area contributed by atoms with E-state index in [1.807, 2.05) is 32.0 Å². The molecule has 3 rings (SSSR count). The van der Waals surface area contributed by atoms with Gasteiger partial charge >= 0.3 is 0 Å². The largest absolute Gasteiger partial charge is 0.492 e. The summed E-state index contributed by atoms with van der Waals surface area (Å²) in [5.41, 5.74) is 2.55. The number of anilines is 1. The predicted molar refractivity (Wildman–Crippen MR) is 127 cm³/mol. The summed E-state index contributed by atoms with van der Waals surface area (Å²) in [7, 11) is 0. The molecule has 2 N–H and O–H groups in total. The van der Waals surface area contributed by atoms with Crippen LogP contribution in [-0.4, -0.2) is 24.5 Å². The lowest BCUT2D eigenvalue weighted by molar-refractivity contribution is 0.0944. The molecule has 0 spiro atoms. The van der Waals surface area contributed by atoms with E-state index in [0.717, 1.165) is 6.42 Å². The van der Waals surface area contributed by atoms with Crippen LogP contribution in [0.2, 0.25) is 0 Å². The van der Waals surface area contributed by atoms with Gasteiger partial charge in [-0.3, -0.25) is 9.59 Å². The van der Waals surface area contributed by atoms with E-state index in [0.29, 0.717) is 33.6 Å². The summed E-state index contributed by atoms with van der Waals surface area (Å²) in [6.07, 6.45) is 0.796. The summed E-state index contributed by atoms with van der Waals surface area (Å²) in [4.78, 5) is 25.2. The number of halogens is 1. The van der Waals surface area contributed by atoms with Crippen molar-refractivity contribution in [2.75, 3.05) is 11.9 Å². The Balaban J connectivity index is 1.65. The number of benzene rings is 3. The highest BCUT2D eigenvalue weighted by Crippen LogP contribution is 2.27. The van der Waals surface area contributed by atoms with Crippen molar-refractivity contribution in [2.24, 2.45) is 0 Å². The van der Waals surface area contributed by atoms with Gasteiger partial charge in [0.2, 0.25) is 0 Å². The van der Waals surface area contributed by atoms with Crippen LogP contribution < -0.4 is 15.4 Å². The number of hydrogen-bond acceptors (Lipinski definition) is 3. The average Bonchev–Trinajstić information content (AvgIpc) is 2.75. The third-order valence-electron chi connectivity index (χ3n) is 4.52. The molecule has 160 valence electrons. The molecule has 0 saturated heterocycles. The maximum absolute atomic E-state index is 12.8. The molecule has 0 aliphatic heterocycles. The van der Waals surface area contributed by atoms with Gasteiger partial charge in [0.05, 0.1) is 22.3 Å². The lowest BCUT2D eigenvalue weighted by Gasteiger charge is -2.14. The lowest BCUT2D eigenvalue weighted by Crippen LogP contribution is -2.31. The van der Waals surface area contributed by atoms with Crippen LogP contribution in [0.25, 0.3) is 0 Å². The number of nitrogens with one attached hydrogen (secondary N) is 2. The number of ether oxygens (including phenoxy) is 1. The first-order valence-corrected chi connectivity index (χ1v) is 10.9. The predicted octanol–water partition coefficient (Wildman–Crippen LogP) is 5.46. The lowest BCUT2D eigenvalue weighted by atomic mass is 10.1. The Morgan fingerprint density at radius 2 is 1.65 bits per heavy atom. The Bertz CT molecular complexity index is 1050. The summed E-state index contributed by atoms with van der Waals surface area (Å²) >= 11 is 3.48. The van der Waals surface area contributed by atoms with Crippen molar-refractivity contribution in [3.63, 3.8) is 0 Å². The first-order valence-electron chi connectivity index (χ1n) is 10.1. The highest BCUT2D eigenvalue weighted by molar-refractivity contribution is 9.10. The highest BCUT2D eigenvalue weighted by Gasteiger charge is 2.15. The summed E-state index contributed by atoms with van der Waals surface area (Å²) in [6.45, 7) is 4.31. The van der Waals surface area contributed by atoms with Crippen LogP contribution in [0, 0.1) is 0 Å². The molecule has 0 saturated carbocycles. The van der Waals surface area contributed by atoms with E-state index < -0.39 is 0 Å². The quantitative estimate of drug-likeness (QED) is 0.449. The van der Waals surface area contributed by atoms with Crippen molar-refractivity contribution in [2.45, 2.75) is 26.3 Å². The van der Waals surface area contributed by atoms with E-state index in [1.165, 1.54) is 5.56 Å². The Labute approximate surface area is 191 Å². The molecule has 0 aliphatic rings. The smallest absolute Gasteiger partial charge is 0.255 e. The van der Waals surface area contributed by atoms with Gasteiger partial charge < -0.3 is 15.4 Å². The average molecular weight is 481 g/mol. The van der Waals surface area contributed by atoms with Gasteiger partial charge in [0.15, 0.2) is 0 Å². The Morgan fingerprint density at radius 3 is 2.35 bits per heavy atom. The molecule has 0 atom stereocenters. The fraction of sp³-hybridized carbons (Fsp3) is 0.200. The molecular weight excluding hydrogens is 456 g/mol. The van der Waals surface area contributed by atoms with Gasteiger partial charge in [0, 0.05) is 18.0 Å². The SMILES string of the molecule is CC(C)NC(=O)c1ccccc1NC(=O)c1ccc(OCCc2ccccc2)c(Br)c1. The Kier molecular flexibility index (Phi) is 7.84. The molecule has 2 amide bonds. The number of carbonyl (C=O) groups excluding carboxylic acids is 2. The summed E-state index contributed by atoms with van der Waals surface area (Å²) in [5, 5.41) is 5.68. The van der Waals surface area contributed by atoms with Crippen LogP contribution in [0.1, 0.15) is 40.1 Å². The van der Waals surface area contributed by atoms with Crippen molar-refractivity contribution in [3.8, 4) is 5.75 Å². The molecule has 3 aromatic rings. The minimum Gasteiger partial charge on any atom is -0.492 e. The Morgan fingerprint density at radius 1 is 0.935 bits per heavy atom. The molecule has 0 fully saturated rings. The van der Waals surface area contributed by atoms with Crippen molar-refractivity contribution in [3.05, 3.63) is 94.0 Å². The second-order valence-corrected chi connectivity index (χ2v) is 8.21. The maximum Gasteiger partial charge on any atom is 0.255 e. The van der Waals surface area contributed by atoms with Crippen LogP contribution in [-0.2, 0) is 6.42 Å². The molecular formula is C25H25BrN2O3. The minimum atomic E-state index is -0.304. The maximum atomic E-state index is 12.8. The molecule has 0 bridgehead atoms. The van der Waals surface area contributed by atoms with Crippen molar-refractivity contribution >= 4 is 33.4 Å². The fourth-order valence-corrected chi connectivity index (χ4v) is 3.50. The van der Waals surface area contributed by atoms with Crippen molar-refractivity contribution in [1.29, 1.82) is 0 Å². The molecule has 0 aliphatic carbocycles. The molecule has 31 heavy (non-hydrogen) atoms. The molecule has 0 radical (unpaired) electrons. The molecule has 5 nitrogen and oxygen atoms in total. The monoisotopic (exact) mass is 480 g/mol. The summed E-state index contributed by atoms with van der Waals surface area (Å²) in [6, 6.07) is 22.2. The van der Waals surface area contributed by atoms with Gasteiger partial charge in [-0.2, -0.15) is 0 Å². The zero-order valence-corrected chi connectivity index (χ0v) is 19.1. The second-order valence-electron chi connectivity index (χ2n) is 7.36. The van der Waals surface area contributed by atoms with E-state index in [-0.39, 0.29) is 17.9 Å². The van der Waals surface area contributed by atoms with Gasteiger partial charge in [-0.25, -0.2) is 0 Å². The Hall–Kier alpha value is -3.12. The number of amides is 2. The highest BCUT2D eigenvalue weighted by atomic mass is 79.9. The van der Waals surface area contributed by atoms with Gasteiger partial charge in [0.1, 0.15) is 5.75 Å². The number of carbonyl (C=O) groups is 2. The number of hydrogen-bond donors (Lipinski definition) is 2. The zero-order chi connectivity index (χ0) is 22.2. The summed E-state index contributed by atoms with van der Waals surface area (Å²) < 4.78 is 6.54. The van der Waals surface area contributed by atoms with Gasteiger partial charge in [-0.05, 0) is 65.7 Å². The minimum absolute atomic E-state index is 0.00153. The zero-order valence-electron chi connectivity index (χ0n) is 17.5. The normalized spacial score (nSPS) is 10.6. The number of para-hydroxylation sites is 1. The van der Waals surface area contributed by atoms with Gasteiger partial charge in [-0.1, -0.05) is 42.5 Å². The molecule has 0 heterocycles. The van der Waals surface area contributed by atoms with Crippen LogP contribution in [0.3, 0.4) is 0 Å². The molecule has 0 aromatic heterocycles. The van der Waals surface area contributed by atoms with Crippen LogP contribution in [0.15, 0.2) is 77.3 Å². The van der Waals surface area contributed by atoms with Crippen molar-refractivity contribution in [1.82, 2.24) is 5.32 Å². The molecule has 6 heteroatoms. The third kappa shape index (κ3) is 6.43. The van der Waals surface area contributed by atoms with Gasteiger partial charge in [0.25, 0.3) is 11.8 Å². The van der Waals surface area contributed by atoms with E-state index in [9.17, 15) is 9.59 Å². The van der Waals surface area contributed by atoms with E-state index in [4.69, 9.17) is 4.74 Å². The van der Waals surface area contributed by atoms with Crippen LogP contribution >= 0.6 is 15.9 Å². The van der Waals surface area contributed by atoms with E-state index in [1.54, 1.807) is 42.5 Å². The molecule has 0 unspecified atom stereocenters.